The van der Waals surface area contributed by atoms with Crippen LogP contribution in [0.4, 0.5) is 0 Å². The maximum absolute atomic E-state index is 12.7. The van der Waals surface area contributed by atoms with E-state index in [9.17, 15) is 19.2 Å². The molecule has 0 aromatic rings. The van der Waals surface area contributed by atoms with Gasteiger partial charge in [-0.25, -0.2) is 0 Å². The van der Waals surface area contributed by atoms with E-state index in [2.05, 4.69) is 46.4 Å². The van der Waals surface area contributed by atoms with Crippen molar-refractivity contribution in [3.05, 3.63) is 0 Å². The van der Waals surface area contributed by atoms with Gasteiger partial charge >= 0.3 is 23.9 Å². The highest BCUT2D eigenvalue weighted by Gasteiger charge is 2.21. The van der Waals surface area contributed by atoms with Crippen LogP contribution in [-0.2, 0) is 38.1 Å². The molecule has 0 N–H and O–H groups in total. The summed E-state index contributed by atoms with van der Waals surface area (Å²) in [6.07, 6.45) is 37.0. The van der Waals surface area contributed by atoms with Gasteiger partial charge in [-0.15, -0.1) is 0 Å². The zero-order chi connectivity index (χ0) is 44.3. The Balaban J connectivity index is 4.46. The molecule has 0 fully saturated rings. The van der Waals surface area contributed by atoms with Crippen molar-refractivity contribution in [2.24, 2.45) is 0 Å². The zero-order valence-electron chi connectivity index (χ0n) is 40.3. The third-order valence-electron chi connectivity index (χ3n) is 11.6. The average molecular weight is 852 g/mol. The van der Waals surface area contributed by atoms with Crippen LogP contribution in [0.1, 0.15) is 260 Å². The summed E-state index contributed by atoms with van der Waals surface area (Å²) in [7, 11) is 0. The lowest BCUT2D eigenvalue weighted by Gasteiger charge is -2.30. The second-order valence-electron chi connectivity index (χ2n) is 18.0. The van der Waals surface area contributed by atoms with Crippen LogP contribution in [0.2, 0.25) is 0 Å². The first-order chi connectivity index (χ1) is 29.1. The molecule has 0 saturated carbocycles. The summed E-state index contributed by atoms with van der Waals surface area (Å²) < 4.78 is 21.9. The highest BCUT2D eigenvalue weighted by atomic mass is 16.6. The smallest absolute Gasteiger partial charge is 0.306 e. The Morgan fingerprint density at radius 2 is 0.650 bits per heavy atom. The third kappa shape index (κ3) is 39.9. The monoisotopic (exact) mass is 852 g/mol. The first-order valence-electron chi connectivity index (χ1n) is 25.5. The molecule has 0 aliphatic carbocycles. The maximum atomic E-state index is 12.7. The summed E-state index contributed by atoms with van der Waals surface area (Å²) in [6.45, 7) is 13.4. The van der Waals surface area contributed by atoms with Crippen LogP contribution in [0.3, 0.4) is 0 Å². The van der Waals surface area contributed by atoms with Gasteiger partial charge in [0.15, 0.2) is 6.10 Å². The van der Waals surface area contributed by atoms with Crippen LogP contribution in [0, 0.1) is 0 Å². The van der Waals surface area contributed by atoms with E-state index in [0.29, 0.717) is 31.5 Å². The Morgan fingerprint density at radius 3 is 0.967 bits per heavy atom. The minimum atomic E-state index is -0.936. The predicted octanol–water partition coefficient (Wildman–Crippen LogP) is 13.9. The molecule has 0 aromatic carbocycles. The Bertz CT molecular complexity index is 944. The summed E-state index contributed by atoms with van der Waals surface area (Å²) in [5.41, 5.74) is 0. The average Bonchev–Trinajstić information content (AvgIpc) is 3.22. The van der Waals surface area contributed by atoms with Crippen molar-refractivity contribution in [1.29, 1.82) is 0 Å². The number of hydrogen-bond acceptors (Lipinski definition) is 9. The van der Waals surface area contributed by atoms with Gasteiger partial charge in [-0.1, -0.05) is 194 Å². The summed E-state index contributed by atoms with van der Waals surface area (Å²) >= 11 is 0. The lowest BCUT2D eigenvalue weighted by Crippen LogP contribution is -2.39. The first-order valence-corrected chi connectivity index (χ1v) is 25.5. The van der Waals surface area contributed by atoms with Gasteiger partial charge in [0, 0.05) is 31.5 Å². The molecule has 9 nitrogen and oxygen atoms in total. The van der Waals surface area contributed by atoms with E-state index >= 15 is 0 Å². The summed E-state index contributed by atoms with van der Waals surface area (Å²) in [4.78, 5) is 52.5. The SMILES string of the molecule is CCCCCCCCCCCCCCCCCC(=O)OCC(COC(=O)CCCCCCCCCCCCCCCCC)OC(=O)CCC(=O)OCCN(C(C)C)C(C)C. The molecule has 0 atom stereocenters. The molecule has 0 aliphatic rings. The molecule has 9 heteroatoms. The molecule has 0 aliphatic heterocycles. The van der Waals surface area contributed by atoms with Crippen molar-refractivity contribution in [3.63, 3.8) is 0 Å². The second-order valence-corrected chi connectivity index (χ2v) is 18.0. The van der Waals surface area contributed by atoms with E-state index in [1.54, 1.807) is 0 Å². The van der Waals surface area contributed by atoms with Crippen molar-refractivity contribution in [3.8, 4) is 0 Å². The number of ether oxygens (including phenoxy) is 4. The second kappa shape index (κ2) is 43.5. The molecule has 0 saturated heterocycles. The highest BCUT2D eigenvalue weighted by Crippen LogP contribution is 2.16. The highest BCUT2D eigenvalue weighted by molar-refractivity contribution is 5.77. The molecule has 0 bridgehead atoms. The predicted molar refractivity (Wildman–Crippen MR) is 248 cm³/mol. The molecule has 60 heavy (non-hydrogen) atoms. The molecule has 354 valence electrons. The number of rotatable bonds is 45. The van der Waals surface area contributed by atoms with Crippen LogP contribution in [0.5, 0.6) is 0 Å². The van der Waals surface area contributed by atoms with Gasteiger partial charge in [0.1, 0.15) is 19.8 Å². The lowest BCUT2D eigenvalue weighted by molar-refractivity contribution is -0.167. The number of hydrogen-bond donors (Lipinski definition) is 0. The van der Waals surface area contributed by atoms with E-state index in [1.807, 2.05) is 0 Å². The number of carbonyl (C=O) groups is 4. The molecular formula is C51H97NO8. The minimum Gasteiger partial charge on any atom is -0.464 e. The summed E-state index contributed by atoms with van der Waals surface area (Å²) in [6, 6.07) is 0.652. The fourth-order valence-electron chi connectivity index (χ4n) is 7.81. The maximum Gasteiger partial charge on any atom is 0.306 e. The van der Waals surface area contributed by atoms with Crippen LogP contribution in [-0.4, -0.2) is 73.3 Å². The standard InChI is InChI=1S/C51H97NO8/c1-7-9-11-13-15-17-19-21-23-25-27-29-31-33-35-37-48(53)58-43-47(60-51(56)40-39-50(55)57-42-41-52(45(3)4)46(5)6)44-59-49(54)38-36-34-32-30-28-26-24-22-20-18-16-14-12-10-8-2/h45-47H,7-44H2,1-6H3. The van der Waals surface area contributed by atoms with E-state index in [0.717, 1.165) is 38.5 Å². The number of unbranched alkanes of at least 4 members (excludes halogenated alkanes) is 28. The molecule has 0 heterocycles. The van der Waals surface area contributed by atoms with Crippen molar-refractivity contribution in [2.45, 2.75) is 278 Å². The molecule has 0 spiro atoms. The molecule has 0 rings (SSSR count). The van der Waals surface area contributed by atoms with Gasteiger partial charge in [-0.05, 0) is 40.5 Å². The van der Waals surface area contributed by atoms with E-state index < -0.39 is 18.0 Å². The normalized spacial score (nSPS) is 11.6. The van der Waals surface area contributed by atoms with Crippen molar-refractivity contribution < 1.29 is 38.1 Å². The Kier molecular flexibility index (Phi) is 41.9. The van der Waals surface area contributed by atoms with Gasteiger partial charge in [0.05, 0.1) is 12.8 Å². The van der Waals surface area contributed by atoms with E-state index in [4.69, 9.17) is 18.9 Å². The Morgan fingerprint density at radius 1 is 0.367 bits per heavy atom. The molecule has 0 radical (unpaired) electrons. The minimum absolute atomic E-state index is 0.118. The number of esters is 4. The molecule has 0 aromatic heterocycles. The topological polar surface area (TPSA) is 108 Å². The van der Waals surface area contributed by atoms with Gasteiger partial charge in [-0.3, -0.25) is 24.1 Å². The summed E-state index contributed by atoms with van der Waals surface area (Å²) in [5.74, 6) is -1.80. The largest absolute Gasteiger partial charge is 0.464 e. The van der Waals surface area contributed by atoms with E-state index in [1.165, 1.54) is 154 Å². The Labute approximate surface area is 370 Å². The van der Waals surface area contributed by atoms with Gasteiger partial charge in [0.2, 0.25) is 0 Å². The summed E-state index contributed by atoms with van der Waals surface area (Å²) in [5, 5.41) is 0. The third-order valence-corrected chi connectivity index (χ3v) is 11.6. The van der Waals surface area contributed by atoms with Crippen molar-refractivity contribution >= 4 is 23.9 Å². The zero-order valence-corrected chi connectivity index (χ0v) is 40.3. The van der Waals surface area contributed by atoms with Gasteiger partial charge < -0.3 is 18.9 Å². The number of nitrogens with zero attached hydrogens (tertiary/aromatic N) is 1. The lowest BCUT2D eigenvalue weighted by atomic mass is 10.0. The Hall–Kier alpha value is -2.16. The van der Waals surface area contributed by atoms with Crippen LogP contribution in [0.15, 0.2) is 0 Å². The molecular weight excluding hydrogens is 755 g/mol. The van der Waals surface area contributed by atoms with Crippen LogP contribution >= 0.6 is 0 Å². The molecule has 0 unspecified atom stereocenters. The van der Waals surface area contributed by atoms with E-state index in [-0.39, 0.29) is 44.6 Å². The number of carbonyl (C=O) groups excluding carboxylic acids is 4. The first kappa shape index (κ1) is 57.8. The van der Waals surface area contributed by atoms with Gasteiger partial charge in [0.25, 0.3) is 0 Å². The van der Waals surface area contributed by atoms with Crippen molar-refractivity contribution in [2.75, 3.05) is 26.4 Å². The fourth-order valence-corrected chi connectivity index (χ4v) is 7.81. The molecule has 0 amide bonds. The van der Waals surface area contributed by atoms with Crippen molar-refractivity contribution in [1.82, 2.24) is 4.90 Å². The van der Waals surface area contributed by atoms with Crippen LogP contribution in [0.25, 0.3) is 0 Å². The quantitative estimate of drug-likeness (QED) is 0.0336. The fraction of sp³-hybridized carbons (Fsp3) is 0.922. The van der Waals surface area contributed by atoms with Crippen LogP contribution < -0.4 is 0 Å². The van der Waals surface area contributed by atoms with Gasteiger partial charge in [-0.2, -0.15) is 0 Å².